The van der Waals surface area contributed by atoms with Crippen molar-refractivity contribution in [3.63, 3.8) is 0 Å². The van der Waals surface area contributed by atoms with Crippen LogP contribution in [0.4, 0.5) is 5.82 Å². The molecule has 0 amide bonds. The van der Waals surface area contributed by atoms with Gasteiger partial charge in [-0.05, 0) is 30.5 Å². The van der Waals surface area contributed by atoms with Crippen LogP contribution < -0.4 is 10.6 Å². The Morgan fingerprint density at radius 3 is 2.57 bits per heavy atom. The van der Waals surface area contributed by atoms with Crippen LogP contribution in [0.5, 0.6) is 0 Å². The van der Waals surface area contributed by atoms with Crippen LogP contribution in [0.3, 0.4) is 0 Å². The fraction of sp³-hybridized carbons (Fsp3) is 0.304. The molecule has 2 aromatic carbocycles. The summed E-state index contributed by atoms with van der Waals surface area (Å²) >= 11 is 0. The van der Waals surface area contributed by atoms with Crippen molar-refractivity contribution in [2.45, 2.75) is 32.0 Å². The molecule has 0 aliphatic carbocycles. The maximum absolute atomic E-state index is 9.97. The minimum Gasteiger partial charge on any atom is -0.465 e. The van der Waals surface area contributed by atoms with E-state index < -0.39 is 6.17 Å². The molecule has 0 fully saturated rings. The molecule has 0 saturated carbocycles. The molecule has 2 heterocycles. The van der Waals surface area contributed by atoms with Crippen LogP contribution in [0, 0.1) is 0 Å². The van der Waals surface area contributed by atoms with E-state index in [1.54, 1.807) is 6.33 Å². The zero-order chi connectivity index (χ0) is 20.8. The van der Waals surface area contributed by atoms with E-state index in [2.05, 4.69) is 39.7 Å². The number of aliphatic imine (C=N–C) groups is 1. The number of hydrogen-bond acceptors (Lipinski definition) is 6. The first kappa shape index (κ1) is 20.1. The number of aliphatic hydroxyl groups is 1. The summed E-state index contributed by atoms with van der Waals surface area (Å²) in [5, 5.41) is 16.7. The van der Waals surface area contributed by atoms with Crippen molar-refractivity contribution in [2.24, 2.45) is 4.99 Å². The van der Waals surface area contributed by atoms with E-state index >= 15 is 0 Å². The van der Waals surface area contributed by atoms with E-state index in [4.69, 9.17) is 4.74 Å². The number of rotatable bonds is 8. The van der Waals surface area contributed by atoms with Gasteiger partial charge in [-0.3, -0.25) is 15.2 Å². The molecule has 1 aliphatic rings. The Kier molecular flexibility index (Phi) is 6.41. The Balaban J connectivity index is 1.61. The zero-order valence-electron chi connectivity index (χ0n) is 17.0. The van der Waals surface area contributed by atoms with Gasteiger partial charge in [0.25, 0.3) is 6.02 Å². The molecule has 0 spiro atoms. The smallest absolute Gasteiger partial charge is 0.292 e. The number of aliphatic hydroxyl groups excluding tert-OH is 1. The summed E-state index contributed by atoms with van der Waals surface area (Å²) in [5.41, 5.74) is 2.92. The van der Waals surface area contributed by atoms with Crippen LogP contribution >= 0.6 is 0 Å². The third-order valence-electron chi connectivity index (χ3n) is 4.94. The average Bonchev–Trinajstić information content (AvgIpc) is 3.23. The van der Waals surface area contributed by atoms with Crippen molar-refractivity contribution < 1.29 is 9.84 Å². The van der Waals surface area contributed by atoms with E-state index in [9.17, 15) is 5.11 Å². The summed E-state index contributed by atoms with van der Waals surface area (Å²) in [4.78, 5) is 9.30. The minimum absolute atomic E-state index is 0.00573. The van der Waals surface area contributed by atoms with Gasteiger partial charge in [0.2, 0.25) is 0 Å². The molecular weight excluding hydrogens is 378 g/mol. The lowest BCUT2D eigenvalue weighted by Crippen LogP contribution is -2.39. The van der Waals surface area contributed by atoms with Gasteiger partial charge in [-0.2, -0.15) is 0 Å². The molecule has 1 aliphatic heterocycles. The van der Waals surface area contributed by atoms with Gasteiger partial charge >= 0.3 is 0 Å². The molecule has 0 saturated heterocycles. The number of benzene rings is 2. The van der Waals surface area contributed by atoms with Crippen LogP contribution in [0.25, 0.3) is 5.69 Å². The topological polar surface area (TPSA) is 83.7 Å². The largest absolute Gasteiger partial charge is 0.465 e. The number of nitrogens with one attached hydrogen (secondary N) is 2. The molecule has 1 aromatic heterocycles. The standard InChI is InChI=1S/C23H27N5O2/c1-2-13-30-23-26-21(25-18(15-29)14-17-9-5-3-6-10-17)20-22(27-23)28(16-24-20)19-11-7-4-8-12-19/h3-12,16,18,21,25,29H,2,13-15H2,1H3,(H,26,27)/t18-,21?/m0/s1. The highest BCUT2D eigenvalue weighted by atomic mass is 16.5. The van der Waals surface area contributed by atoms with E-state index in [0.29, 0.717) is 19.0 Å². The number of para-hydroxylation sites is 1. The van der Waals surface area contributed by atoms with Gasteiger partial charge in [0.05, 0.1) is 13.2 Å². The van der Waals surface area contributed by atoms with Gasteiger partial charge in [-0.25, -0.2) is 9.98 Å². The molecule has 4 rings (SSSR count). The molecule has 3 N–H and O–H groups in total. The summed E-state index contributed by atoms with van der Waals surface area (Å²) < 4.78 is 7.79. The second kappa shape index (κ2) is 9.56. The van der Waals surface area contributed by atoms with Gasteiger partial charge in [0, 0.05) is 11.7 Å². The summed E-state index contributed by atoms with van der Waals surface area (Å²) in [7, 11) is 0. The molecule has 30 heavy (non-hydrogen) atoms. The van der Waals surface area contributed by atoms with Gasteiger partial charge < -0.3 is 9.84 Å². The third kappa shape index (κ3) is 4.53. The van der Waals surface area contributed by atoms with Crippen molar-refractivity contribution in [1.82, 2.24) is 14.9 Å². The van der Waals surface area contributed by atoms with Crippen molar-refractivity contribution >= 4 is 11.8 Å². The lowest BCUT2D eigenvalue weighted by atomic mass is 10.1. The SMILES string of the molecule is CCCOC1=NC(N[C@H](CO)Cc2ccccc2)c2ncn(-c3ccccc3)c2N1. The Bertz CT molecular complexity index is 972. The second-order valence-electron chi connectivity index (χ2n) is 7.23. The molecule has 3 aromatic rings. The number of amidine groups is 1. The fourth-order valence-electron chi connectivity index (χ4n) is 3.47. The molecule has 0 bridgehead atoms. The molecule has 7 nitrogen and oxygen atoms in total. The second-order valence-corrected chi connectivity index (χ2v) is 7.23. The van der Waals surface area contributed by atoms with E-state index in [-0.39, 0.29) is 12.6 Å². The van der Waals surface area contributed by atoms with Crippen LogP contribution in [-0.4, -0.2) is 39.9 Å². The molecule has 1 unspecified atom stereocenters. The van der Waals surface area contributed by atoms with Crippen molar-refractivity contribution in [2.75, 3.05) is 18.5 Å². The predicted octanol–water partition coefficient (Wildman–Crippen LogP) is 3.27. The van der Waals surface area contributed by atoms with Gasteiger partial charge in [-0.1, -0.05) is 55.5 Å². The van der Waals surface area contributed by atoms with Crippen LogP contribution in [-0.2, 0) is 11.2 Å². The Morgan fingerprint density at radius 2 is 1.87 bits per heavy atom. The predicted molar refractivity (Wildman–Crippen MR) is 118 cm³/mol. The lowest BCUT2D eigenvalue weighted by Gasteiger charge is -2.26. The fourth-order valence-corrected chi connectivity index (χ4v) is 3.47. The van der Waals surface area contributed by atoms with E-state index in [1.807, 2.05) is 53.1 Å². The maximum Gasteiger partial charge on any atom is 0.292 e. The highest BCUT2D eigenvalue weighted by molar-refractivity contribution is 5.91. The minimum atomic E-state index is -0.418. The van der Waals surface area contributed by atoms with E-state index in [0.717, 1.165) is 29.2 Å². The highest BCUT2D eigenvalue weighted by Crippen LogP contribution is 2.30. The quantitative estimate of drug-likeness (QED) is 0.536. The number of ether oxygens (including phenoxy) is 1. The number of hydrogen-bond donors (Lipinski definition) is 3. The van der Waals surface area contributed by atoms with Gasteiger partial charge in [0.1, 0.15) is 17.8 Å². The van der Waals surface area contributed by atoms with Crippen molar-refractivity contribution in [3.05, 3.63) is 78.2 Å². The lowest BCUT2D eigenvalue weighted by molar-refractivity contribution is 0.228. The highest BCUT2D eigenvalue weighted by Gasteiger charge is 2.29. The first-order valence-electron chi connectivity index (χ1n) is 10.3. The number of fused-ring (bicyclic) bond motifs is 1. The molecule has 0 radical (unpaired) electrons. The summed E-state index contributed by atoms with van der Waals surface area (Å²) in [6.45, 7) is 2.62. The van der Waals surface area contributed by atoms with Crippen molar-refractivity contribution in [1.29, 1.82) is 0 Å². The first-order valence-corrected chi connectivity index (χ1v) is 10.3. The van der Waals surface area contributed by atoms with Crippen LogP contribution in [0.1, 0.15) is 30.8 Å². The maximum atomic E-state index is 9.97. The Labute approximate surface area is 176 Å². The first-order chi connectivity index (χ1) is 14.8. The normalized spacial score (nSPS) is 16.3. The molecule has 156 valence electrons. The number of aromatic nitrogens is 2. The molecule has 2 atom stereocenters. The number of anilines is 1. The van der Waals surface area contributed by atoms with Crippen LogP contribution in [0.15, 0.2) is 72.0 Å². The van der Waals surface area contributed by atoms with Crippen molar-refractivity contribution in [3.8, 4) is 5.69 Å². The molecular formula is C23H27N5O2. The summed E-state index contributed by atoms with van der Waals surface area (Å²) in [6, 6.07) is 20.4. The third-order valence-corrected chi connectivity index (χ3v) is 4.94. The van der Waals surface area contributed by atoms with Crippen LogP contribution in [0.2, 0.25) is 0 Å². The summed E-state index contributed by atoms with van der Waals surface area (Å²) in [5.74, 6) is 0.816. The average molecular weight is 406 g/mol. The Morgan fingerprint density at radius 1 is 1.13 bits per heavy atom. The zero-order valence-corrected chi connectivity index (χ0v) is 17.0. The Hall–Kier alpha value is -3.16. The van der Waals surface area contributed by atoms with Gasteiger partial charge in [-0.15, -0.1) is 0 Å². The van der Waals surface area contributed by atoms with E-state index in [1.165, 1.54) is 0 Å². The molecule has 7 heteroatoms. The monoisotopic (exact) mass is 405 g/mol. The number of nitrogens with zero attached hydrogens (tertiary/aromatic N) is 3. The van der Waals surface area contributed by atoms with Gasteiger partial charge in [0.15, 0.2) is 6.17 Å². The number of imidazole rings is 1. The summed E-state index contributed by atoms with van der Waals surface area (Å²) in [6.07, 6.45) is 2.94.